The minimum absolute atomic E-state index is 0.115. The molecule has 0 atom stereocenters. The molecule has 2 heterocycles. The number of nitrogens with one attached hydrogen (secondary N) is 2. The number of carbonyl (C=O) groups is 1. The van der Waals surface area contributed by atoms with E-state index in [1.807, 2.05) is 0 Å². The molecule has 2 aromatic heterocycles. The number of halogens is 1. The summed E-state index contributed by atoms with van der Waals surface area (Å²) in [7, 11) is 0. The molecule has 0 saturated heterocycles. The van der Waals surface area contributed by atoms with Gasteiger partial charge in [0.25, 0.3) is 0 Å². The maximum atomic E-state index is 11.7. The molecular weight excluding hydrogens is 282 g/mol. The Bertz CT molecular complexity index is 806. The minimum Gasteiger partial charge on any atom is -0.506 e. The van der Waals surface area contributed by atoms with Gasteiger partial charge in [0.1, 0.15) is 5.76 Å². The number of aromatic amines is 2. The first-order chi connectivity index (χ1) is 9.63. The number of aliphatic hydroxyl groups is 1. The third kappa shape index (κ3) is 2.26. The largest absolute Gasteiger partial charge is 0.506 e. The smallest absolute Gasteiger partial charge is 0.244 e. The number of hydrogen-bond donors (Lipinski definition) is 3. The van der Waals surface area contributed by atoms with Gasteiger partial charge in [-0.15, -0.1) is 10.2 Å². The first-order valence-corrected chi connectivity index (χ1v) is 5.98. The summed E-state index contributed by atoms with van der Waals surface area (Å²) in [5, 5.41) is 23.9. The number of benzene rings is 1. The van der Waals surface area contributed by atoms with E-state index in [1.54, 1.807) is 24.3 Å². The van der Waals surface area contributed by atoms with Gasteiger partial charge in [0.05, 0.1) is 5.69 Å². The Morgan fingerprint density at radius 2 is 2.20 bits per heavy atom. The molecule has 8 heteroatoms. The average molecular weight is 290 g/mol. The van der Waals surface area contributed by atoms with Crippen molar-refractivity contribution in [1.29, 1.82) is 0 Å². The molecule has 0 saturated carbocycles. The fraction of sp³-hybridized carbons (Fsp3) is 0. The fourth-order valence-corrected chi connectivity index (χ4v) is 1.95. The van der Waals surface area contributed by atoms with Crippen LogP contribution in [0.15, 0.2) is 30.3 Å². The highest BCUT2D eigenvalue weighted by Crippen LogP contribution is 2.22. The van der Waals surface area contributed by atoms with Crippen LogP contribution in [0.4, 0.5) is 0 Å². The van der Waals surface area contributed by atoms with Gasteiger partial charge in [0, 0.05) is 22.0 Å². The normalized spacial score (nSPS) is 11.9. The molecule has 3 N–H and O–H groups in total. The predicted octanol–water partition coefficient (Wildman–Crippen LogP) is 2.12. The Hall–Kier alpha value is -2.67. The van der Waals surface area contributed by atoms with Gasteiger partial charge in [-0.05, 0) is 29.5 Å². The van der Waals surface area contributed by atoms with Crippen molar-refractivity contribution in [2.24, 2.45) is 0 Å². The number of rotatable bonds is 3. The average Bonchev–Trinajstić information content (AvgIpc) is 3.07. The molecule has 0 amide bonds. The standard InChI is InChI=1S/C12H8ClN5O2/c13-7-1-2-8-6(3-7)4-9(14-8)10(19)5-11(20)12-15-17-18-16-12/h1-5,14,19H,(H,15,16,17,18). The van der Waals surface area contributed by atoms with Crippen molar-refractivity contribution in [2.45, 2.75) is 0 Å². The topological polar surface area (TPSA) is 108 Å². The van der Waals surface area contributed by atoms with Crippen LogP contribution in [0, 0.1) is 0 Å². The number of tetrazole rings is 1. The molecule has 3 aromatic rings. The summed E-state index contributed by atoms with van der Waals surface area (Å²) in [5.74, 6) is -0.879. The van der Waals surface area contributed by atoms with Crippen LogP contribution in [0.2, 0.25) is 5.02 Å². The molecular formula is C12H8ClN5O2. The zero-order valence-electron chi connectivity index (χ0n) is 9.96. The van der Waals surface area contributed by atoms with Gasteiger partial charge in [-0.1, -0.05) is 11.6 Å². The summed E-state index contributed by atoms with van der Waals surface area (Å²) in [4.78, 5) is 14.7. The van der Waals surface area contributed by atoms with Crippen LogP contribution >= 0.6 is 11.6 Å². The van der Waals surface area contributed by atoms with Crippen LogP contribution in [-0.4, -0.2) is 36.5 Å². The lowest BCUT2D eigenvalue weighted by molar-refractivity contribution is 0.103. The second-order valence-electron chi connectivity index (χ2n) is 4.04. The maximum absolute atomic E-state index is 11.7. The Kier molecular flexibility index (Phi) is 2.96. The molecule has 0 spiro atoms. The molecule has 3 rings (SSSR count). The summed E-state index contributed by atoms with van der Waals surface area (Å²) < 4.78 is 0. The number of H-pyrrole nitrogens is 2. The van der Waals surface area contributed by atoms with Gasteiger partial charge in [-0.25, -0.2) is 0 Å². The van der Waals surface area contributed by atoms with Crippen molar-refractivity contribution < 1.29 is 9.90 Å². The monoisotopic (exact) mass is 289 g/mol. The zero-order chi connectivity index (χ0) is 14.1. The second kappa shape index (κ2) is 4.78. The lowest BCUT2D eigenvalue weighted by Gasteiger charge is -1.94. The Morgan fingerprint density at radius 3 is 2.95 bits per heavy atom. The predicted molar refractivity (Wildman–Crippen MR) is 72.4 cm³/mol. The van der Waals surface area contributed by atoms with Gasteiger partial charge >= 0.3 is 0 Å². The summed E-state index contributed by atoms with van der Waals surface area (Å²) in [6, 6.07) is 6.96. The highest BCUT2D eigenvalue weighted by molar-refractivity contribution is 6.31. The third-order valence-corrected chi connectivity index (χ3v) is 2.93. The van der Waals surface area contributed by atoms with Crippen molar-refractivity contribution in [3.63, 3.8) is 0 Å². The number of aliphatic hydroxyl groups excluding tert-OH is 1. The van der Waals surface area contributed by atoms with E-state index in [-0.39, 0.29) is 11.6 Å². The van der Waals surface area contributed by atoms with Crippen LogP contribution in [-0.2, 0) is 0 Å². The van der Waals surface area contributed by atoms with Gasteiger partial charge in [-0.2, -0.15) is 5.21 Å². The van der Waals surface area contributed by atoms with E-state index in [4.69, 9.17) is 11.6 Å². The lowest BCUT2D eigenvalue weighted by atomic mass is 10.2. The van der Waals surface area contributed by atoms with Crippen molar-refractivity contribution in [1.82, 2.24) is 25.6 Å². The number of ketones is 1. The number of nitrogens with zero attached hydrogens (tertiary/aromatic N) is 3. The van der Waals surface area contributed by atoms with Crippen LogP contribution in [0.5, 0.6) is 0 Å². The minimum atomic E-state index is -0.548. The second-order valence-corrected chi connectivity index (χ2v) is 4.48. The first kappa shape index (κ1) is 12.4. The Balaban J connectivity index is 1.95. The number of carbonyl (C=O) groups excluding carboxylic acids is 1. The molecule has 0 aliphatic rings. The fourth-order valence-electron chi connectivity index (χ4n) is 1.77. The highest BCUT2D eigenvalue weighted by atomic mass is 35.5. The molecule has 7 nitrogen and oxygen atoms in total. The first-order valence-electron chi connectivity index (χ1n) is 5.60. The molecule has 0 bridgehead atoms. The van der Waals surface area contributed by atoms with E-state index < -0.39 is 5.78 Å². The van der Waals surface area contributed by atoms with E-state index in [9.17, 15) is 9.90 Å². The van der Waals surface area contributed by atoms with Gasteiger partial charge in [0.2, 0.25) is 11.6 Å². The quantitative estimate of drug-likeness (QED) is 0.389. The van der Waals surface area contributed by atoms with E-state index >= 15 is 0 Å². The van der Waals surface area contributed by atoms with Crippen molar-refractivity contribution in [3.05, 3.63) is 46.9 Å². The van der Waals surface area contributed by atoms with Gasteiger partial charge in [0.15, 0.2) is 0 Å². The van der Waals surface area contributed by atoms with Crippen molar-refractivity contribution in [3.8, 4) is 0 Å². The van der Waals surface area contributed by atoms with E-state index in [1.165, 1.54) is 0 Å². The lowest BCUT2D eigenvalue weighted by Crippen LogP contribution is -1.99. The third-order valence-electron chi connectivity index (χ3n) is 2.69. The Labute approximate surface area is 117 Å². The number of aromatic nitrogens is 5. The van der Waals surface area contributed by atoms with E-state index in [0.29, 0.717) is 10.7 Å². The molecule has 100 valence electrons. The number of fused-ring (bicyclic) bond motifs is 1. The van der Waals surface area contributed by atoms with Crippen LogP contribution < -0.4 is 0 Å². The molecule has 0 aliphatic heterocycles. The van der Waals surface area contributed by atoms with Crippen LogP contribution in [0.25, 0.3) is 16.7 Å². The molecule has 1 aromatic carbocycles. The van der Waals surface area contributed by atoms with Gasteiger partial charge in [-0.3, -0.25) is 4.79 Å². The molecule has 0 aliphatic carbocycles. The maximum Gasteiger partial charge on any atom is 0.244 e. The van der Waals surface area contributed by atoms with E-state index in [2.05, 4.69) is 25.6 Å². The van der Waals surface area contributed by atoms with Gasteiger partial charge < -0.3 is 10.1 Å². The van der Waals surface area contributed by atoms with E-state index in [0.717, 1.165) is 17.0 Å². The van der Waals surface area contributed by atoms with Crippen LogP contribution in [0.3, 0.4) is 0 Å². The van der Waals surface area contributed by atoms with Crippen LogP contribution in [0.1, 0.15) is 16.3 Å². The molecule has 0 fully saturated rings. The van der Waals surface area contributed by atoms with Crippen molar-refractivity contribution in [2.75, 3.05) is 0 Å². The summed E-state index contributed by atoms with van der Waals surface area (Å²) >= 11 is 5.89. The number of hydrogen-bond acceptors (Lipinski definition) is 5. The Morgan fingerprint density at radius 1 is 1.35 bits per heavy atom. The summed E-state index contributed by atoms with van der Waals surface area (Å²) in [6.07, 6.45) is 1.02. The molecule has 0 radical (unpaired) electrons. The van der Waals surface area contributed by atoms with Crippen molar-refractivity contribution >= 4 is 34.0 Å². The molecule has 0 unspecified atom stereocenters. The summed E-state index contributed by atoms with van der Waals surface area (Å²) in [6.45, 7) is 0. The SMILES string of the molecule is O=C(C=C(O)c1cc2cc(Cl)ccc2[nH]1)c1nn[nH]n1. The summed E-state index contributed by atoms with van der Waals surface area (Å²) in [5.41, 5.74) is 1.20. The molecule has 20 heavy (non-hydrogen) atoms. The zero-order valence-corrected chi connectivity index (χ0v) is 10.7. The number of allylic oxidation sites excluding steroid dienone is 1. The highest BCUT2D eigenvalue weighted by Gasteiger charge is 2.12.